The van der Waals surface area contributed by atoms with E-state index in [2.05, 4.69) is 9.97 Å². The number of aromatic nitrogens is 6. The number of hydrogen-bond acceptors (Lipinski definition) is 4. The lowest BCUT2D eigenvalue weighted by molar-refractivity contribution is 1.09. The molecule has 6 nitrogen and oxygen atoms in total. The molecule has 0 amide bonds. The predicted octanol–water partition coefficient (Wildman–Crippen LogP) is 8.92. The molecule has 0 saturated heterocycles. The van der Waals surface area contributed by atoms with Gasteiger partial charge in [0.05, 0.1) is 63.3 Å². The van der Waals surface area contributed by atoms with E-state index in [1.807, 2.05) is 0 Å². The maximum absolute atomic E-state index is 9.47. The van der Waals surface area contributed by atoms with Gasteiger partial charge in [-0.15, -0.1) is 0 Å². The van der Waals surface area contributed by atoms with Crippen molar-refractivity contribution >= 4 is 76.5 Å². The van der Waals surface area contributed by atoms with Crippen LogP contribution in [0.3, 0.4) is 0 Å². The van der Waals surface area contributed by atoms with Crippen LogP contribution in [-0.2, 0) is 0 Å². The maximum atomic E-state index is 9.47. The Morgan fingerprint density at radius 1 is 0.364 bits per heavy atom. The summed E-state index contributed by atoms with van der Waals surface area (Å²) in [6, 6.07) is -15.1. The molecule has 0 atom stereocenters. The third kappa shape index (κ3) is 3.08. The average Bonchev–Trinajstić information content (AvgIpc) is 3.84. The molecule has 44 heavy (non-hydrogen) atoms. The summed E-state index contributed by atoms with van der Waals surface area (Å²) in [6.45, 7) is 0. The highest BCUT2D eigenvalue weighted by Gasteiger charge is 2.19. The van der Waals surface area contributed by atoms with Gasteiger partial charge < -0.3 is 0 Å². The largest absolute Gasteiger partial charge is 0.294 e. The summed E-state index contributed by atoms with van der Waals surface area (Å²) < 4.78 is 195. The molecule has 10 aromatic rings. The van der Waals surface area contributed by atoms with Crippen LogP contribution in [0.15, 0.2) is 133 Å². The zero-order valence-corrected chi connectivity index (χ0v) is 21.7. The molecule has 0 aliphatic heterocycles. The van der Waals surface area contributed by atoms with Crippen molar-refractivity contribution in [1.29, 1.82) is 0 Å². The summed E-state index contributed by atoms with van der Waals surface area (Å²) in [5.74, 6) is -1.33. The molecule has 0 saturated carbocycles. The molecule has 0 radical (unpaired) electrons. The van der Waals surface area contributed by atoms with Gasteiger partial charge in [-0.25, -0.2) is 9.97 Å². The number of nitrogens with zero attached hydrogens (tertiary/aromatic N) is 6. The van der Waals surface area contributed by atoms with Gasteiger partial charge in [0.1, 0.15) is 22.7 Å². The van der Waals surface area contributed by atoms with Gasteiger partial charge in [-0.05, 0) is 48.3 Å². The summed E-state index contributed by atoms with van der Waals surface area (Å²) >= 11 is 0. The Balaban J connectivity index is 1.49. The van der Waals surface area contributed by atoms with Crippen LogP contribution in [0.2, 0.25) is 0 Å². The van der Waals surface area contributed by atoms with Gasteiger partial charge in [0.25, 0.3) is 0 Å². The maximum Gasteiger partial charge on any atom is 0.138 e. The Morgan fingerprint density at radius 2 is 0.705 bits per heavy atom. The van der Waals surface area contributed by atoms with E-state index in [-0.39, 0.29) is 32.6 Å². The van der Waals surface area contributed by atoms with E-state index in [9.17, 15) is 5.48 Å². The number of hydrogen-bond donors (Lipinski definition) is 0. The van der Waals surface area contributed by atoms with Gasteiger partial charge in [0.2, 0.25) is 0 Å². The zero-order valence-electron chi connectivity index (χ0n) is 43.7. The van der Waals surface area contributed by atoms with E-state index in [0.29, 0.717) is 0 Å². The van der Waals surface area contributed by atoms with Crippen LogP contribution >= 0.6 is 0 Å². The molecule has 0 aliphatic rings. The van der Waals surface area contributed by atoms with Crippen molar-refractivity contribution in [3.8, 4) is 11.6 Å². The number of rotatable bonds is 2. The highest BCUT2D eigenvalue weighted by Crippen LogP contribution is 2.37. The molecule has 0 fully saturated rings. The fourth-order valence-corrected chi connectivity index (χ4v) is 5.51. The van der Waals surface area contributed by atoms with E-state index in [4.69, 9.17) is 34.6 Å². The number of pyridine rings is 2. The second kappa shape index (κ2) is 8.69. The minimum Gasteiger partial charge on any atom is -0.294 e. The lowest BCUT2D eigenvalue weighted by Gasteiger charge is -2.13. The van der Waals surface area contributed by atoms with E-state index in [0.717, 1.165) is 9.13 Å². The standard InChI is InChI=1S/C38H22N6/c1-5-13-29-23(9-1)24-10-2-6-14-30(24)43(29)33-19-17-27-35-36(40-22-21-39-35)28-18-20-34(42-38(28)37(27)41-33)44-31-15-7-3-11-25(31)26-12-4-8-16-32(26)44/h1-22H/i1D,2D,3D,4D,5D,6D,7D,8D,9D,10D,11D,12D,13D,14D,15D,16D,17D,18D,19D,20D,21D,22D. The summed E-state index contributed by atoms with van der Waals surface area (Å²) in [4.78, 5) is 17.7. The van der Waals surface area contributed by atoms with Crippen molar-refractivity contribution in [2.45, 2.75) is 0 Å². The van der Waals surface area contributed by atoms with Crippen LogP contribution in [0, 0.1) is 0 Å². The molecule has 0 spiro atoms. The molecule has 5 aromatic carbocycles. The summed E-state index contributed by atoms with van der Waals surface area (Å²) in [7, 11) is 0. The molecule has 0 N–H and O–H groups in total. The van der Waals surface area contributed by atoms with E-state index in [1.165, 1.54) is 0 Å². The number of para-hydroxylation sites is 4. The van der Waals surface area contributed by atoms with Crippen LogP contribution in [0.5, 0.6) is 0 Å². The topological polar surface area (TPSA) is 61.4 Å². The predicted molar refractivity (Wildman–Crippen MR) is 179 cm³/mol. The first-order valence-electron chi connectivity index (χ1n) is 23.9. The van der Waals surface area contributed by atoms with Gasteiger partial charge in [-0.1, -0.05) is 72.5 Å². The normalized spacial score (nSPS) is 19.1. The molecule has 5 heterocycles. The minimum atomic E-state index is -0.817. The monoisotopic (exact) mass is 584 g/mol. The fourth-order valence-electron chi connectivity index (χ4n) is 5.51. The SMILES string of the molecule is [2H]c1nc2c(nc1[2H])c1c([2H])c([2H])c(-n3c4c([2H])c([2H])c([2H])c([2H])c4c4c([2H])c([2H])c([2H])c([2H])c43)nc1c1nc(-n3c4c([2H])c([2H])c([2H])c([2H])c4c4c([2H])c([2H])c([2H])c([2H])c43)c([2H])c([2H])c21. The third-order valence-corrected chi connectivity index (χ3v) is 7.30. The Morgan fingerprint density at radius 3 is 1.07 bits per heavy atom. The summed E-state index contributed by atoms with van der Waals surface area (Å²) in [5, 5.41) is -2.28. The summed E-state index contributed by atoms with van der Waals surface area (Å²) in [5.41, 5.74) is -3.54. The molecule has 5 aromatic heterocycles. The molecule has 204 valence electrons. The zero-order chi connectivity index (χ0) is 47.9. The molecule has 0 bridgehead atoms. The van der Waals surface area contributed by atoms with Gasteiger partial charge in [0, 0.05) is 44.7 Å². The first kappa shape index (κ1) is 10.8. The van der Waals surface area contributed by atoms with E-state index in [1.54, 1.807) is 0 Å². The van der Waals surface area contributed by atoms with Crippen LogP contribution in [0.1, 0.15) is 30.2 Å². The second-order valence-corrected chi connectivity index (χ2v) is 9.53. The Labute approximate surface area is 281 Å². The van der Waals surface area contributed by atoms with Crippen LogP contribution in [0.4, 0.5) is 0 Å². The van der Waals surface area contributed by atoms with Gasteiger partial charge >= 0.3 is 0 Å². The Kier molecular flexibility index (Phi) is 2.14. The van der Waals surface area contributed by atoms with E-state index < -0.39 is 189 Å². The second-order valence-electron chi connectivity index (χ2n) is 9.53. The van der Waals surface area contributed by atoms with Crippen LogP contribution in [-0.4, -0.2) is 29.1 Å². The van der Waals surface area contributed by atoms with Gasteiger partial charge in [0.15, 0.2) is 0 Å². The van der Waals surface area contributed by atoms with E-state index >= 15 is 0 Å². The number of fused-ring (bicyclic) bond motifs is 12. The highest BCUT2D eigenvalue weighted by molar-refractivity contribution is 6.21. The lowest BCUT2D eigenvalue weighted by atomic mass is 10.1. The van der Waals surface area contributed by atoms with Crippen LogP contribution in [0.25, 0.3) is 88.1 Å². The van der Waals surface area contributed by atoms with Gasteiger partial charge in [-0.2, -0.15) is 0 Å². The van der Waals surface area contributed by atoms with Crippen molar-refractivity contribution in [3.63, 3.8) is 0 Å². The lowest BCUT2D eigenvalue weighted by Crippen LogP contribution is -2.01. The first-order chi connectivity index (χ1) is 31.0. The van der Waals surface area contributed by atoms with Crippen molar-refractivity contribution in [1.82, 2.24) is 29.1 Å². The van der Waals surface area contributed by atoms with Crippen molar-refractivity contribution < 1.29 is 30.2 Å². The molecular formula is C38H22N6. The first-order valence-corrected chi connectivity index (χ1v) is 12.9. The molecule has 10 rings (SSSR count). The van der Waals surface area contributed by atoms with Crippen molar-refractivity contribution in [2.24, 2.45) is 0 Å². The van der Waals surface area contributed by atoms with Gasteiger partial charge in [-0.3, -0.25) is 19.1 Å². The van der Waals surface area contributed by atoms with Crippen molar-refractivity contribution in [2.75, 3.05) is 0 Å². The Bertz CT molecular complexity index is 3620. The quantitative estimate of drug-likeness (QED) is 0.190. The minimum absolute atomic E-state index is 0.371. The smallest absolute Gasteiger partial charge is 0.138 e. The molecule has 0 unspecified atom stereocenters. The third-order valence-electron chi connectivity index (χ3n) is 7.30. The molecule has 6 heteroatoms. The van der Waals surface area contributed by atoms with Crippen molar-refractivity contribution in [3.05, 3.63) is 133 Å². The number of benzene rings is 5. The summed E-state index contributed by atoms with van der Waals surface area (Å²) in [6.07, 6.45) is -1.44. The van der Waals surface area contributed by atoms with Crippen LogP contribution < -0.4 is 0 Å². The molecular weight excluding hydrogens is 540 g/mol. The highest BCUT2D eigenvalue weighted by atomic mass is 15.1. The fraction of sp³-hybridized carbons (Fsp3) is 0. The average molecular weight is 585 g/mol. The molecule has 0 aliphatic carbocycles. The Hall–Kier alpha value is -6.14.